The zero-order valence-corrected chi connectivity index (χ0v) is 15.2. The van der Waals surface area contributed by atoms with Gasteiger partial charge in [0.15, 0.2) is 6.10 Å². The highest BCUT2D eigenvalue weighted by atomic mass is 35.5. The smallest absolute Gasteiger partial charge is 0.311 e. The number of halogens is 2. The Labute approximate surface area is 155 Å². The number of anilines is 1. The highest BCUT2D eigenvalue weighted by Crippen LogP contribution is 2.25. The Balaban J connectivity index is 1.91. The molecule has 0 aliphatic heterocycles. The lowest BCUT2D eigenvalue weighted by Crippen LogP contribution is -2.30. The fourth-order valence-corrected chi connectivity index (χ4v) is 2.37. The third kappa shape index (κ3) is 5.66. The molecule has 132 valence electrons. The van der Waals surface area contributed by atoms with E-state index >= 15 is 0 Å². The Morgan fingerprint density at radius 3 is 2.44 bits per heavy atom. The first-order valence-corrected chi connectivity index (χ1v) is 8.23. The van der Waals surface area contributed by atoms with Gasteiger partial charge in [-0.3, -0.25) is 9.59 Å². The van der Waals surface area contributed by atoms with Gasteiger partial charge in [-0.15, -0.1) is 0 Å². The first-order valence-electron chi connectivity index (χ1n) is 7.47. The average Bonchev–Trinajstić information content (AvgIpc) is 2.58. The molecule has 0 aliphatic carbocycles. The summed E-state index contributed by atoms with van der Waals surface area (Å²) in [4.78, 5) is 24.1. The summed E-state index contributed by atoms with van der Waals surface area (Å²) in [7, 11) is 1.57. The molecule has 2 rings (SSSR count). The predicted octanol–water partition coefficient (Wildman–Crippen LogP) is 4.11. The summed E-state index contributed by atoms with van der Waals surface area (Å²) in [6.45, 7) is 1.49. The number of benzene rings is 2. The van der Waals surface area contributed by atoms with Gasteiger partial charge in [0.1, 0.15) is 5.75 Å². The van der Waals surface area contributed by atoms with Crippen LogP contribution in [0.3, 0.4) is 0 Å². The molecular weight excluding hydrogens is 365 g/mol. The van der Waals surface area contributed by atoms with Crippen LogP contribution in [-0.4, -0.2) is 25.1 Å². The number of carbonyl (C=O) groups excluding carboxylic acids is 2. The summed E-state index contributed by atoms with van der Waals surface area (Å²) < 4.78 is 10.2. The van der Waals surface area contributed by atoms with E-state index in [9.17, 15) is 9.59 Å². The van der Waals surface area contributed by atoms with Crippen LogP contribution in [-0.2, 0) is 20.7 Å². The van der Waals surface area contributed by atoms with E-state index in [0.717, 1.165) is 5.56 Å². The minimum atomic E-state index is -0.971. The molecule has 0 saturated heterocycles. The molecule has 0 bridgehead atoms. The Morgan fingerprint density at radius 1 is 1.12 bits per heavy atom. The van der Waals surface area contributed by atoms with E-state index in [1.807, 2.05) is 0 Å². The minimum Gasteiger partial charge on any atom is -0.497 e. The standard InChI is InChI=1S/C18H17Cl2NO4/c1-11(18(23)21-16-10-13(19)5-8-15(16)20)25-17(22)9-12-3-6-14(24-2)7-4-12/h3-8,10-11H,9H2,1-2H3,(H,21,23)/t11-/m0/s1. The third-order valence-corrected chi connectivity index (χ3v) is 3.94. The molecule has 1 amide bonds. The van der Waals surface area contributed by atoms with Crippen LogP contribution < -0.4 is 10.1 Å². The molecular formula is C18H17Cl2NO4. The number of methoxy groups -OCH3 is 1. The summed E-state index contributed by atoms with van der Waals surface area (Å²) in [6.07, 6.45) is -0.916. The Kier molecular flexibility index (Phi) is 6.67. The van der Waals surface area contributed by atoms with Crippen LogP contribution in [0.25, 0.3) is 0 Å². The van der Waals surface area contributed by atoms with E-state index in [1.54, 1.807) is 43.5 Å². The van der Waals surface area contributed by atoms with Gasteiger partial charge in [0, 0.05) is 5.02 Å². The van der Waals surface area contributed by atoms with E-state index < -0.39 is 18.0 Å². The zero-order chi connectivity index (χ0) is 18.4. The molecule has 0 radical (unpaired) electrons. The Hall–Kier alpha value is -2.24. The molecule has 0 spiro atoms. The molecule has 1 atom stereocenters. The molecule has 5 nitrogen and oxygen atoms in total. The van der Waals surface area contributed by atoms with Gasteiger partial charge in [-0.1, -0.05) is 35.3 Å². The van der Waals surface area contributed by atoms with Crippen molar-refractivity contribution in [2.45, 2.75) is 19.4 Å². The van der Waals surface area contributed by atoms with Crippen molar-refractivity contribution in [1.29, 1.82) is 0 Å². The molecule has 0 aliphatic rings. The summed E-state index contributed by atoms with van der Waals surface area (Å²) in [5.74, 6) is -0.305. The van der Waals surface area contributed by atoms with Crippen molar-refractivity contribution in [3.05, 3.63) is 58.1 Å². The summed E-state index contributed by atoms with van der Waals surface area (Å²) in [5, 5.41) is 3.36. The lowest BCUT2D eigenvalue weighted by molar-refractivity contribution is -0.152. The highest BCUT2D eigenvalue weighted by Gasteiger charge is 2.19. The monoisotopic (exact) mass is 381 g/mol. The summed E-state index contributed by atoms with van der Waals surface area (Å²) in [6, 6.07) is 11.7. The second-order valence-corrected chi connectivity index (χ2v) is 6.11. The van der Waals surface area contributed by atoms with Gasteiger partial charge in [-0.2, -0.15) is 0 Å². The quantitative estimate of drug-likeness (QED) is 0.764. The summed E-state index contributed by atoms with van der Waals surface area (Å²) in [5.41, 5.74) is 1.12. The van der Waals surface area contributed by atoms with Gasteiger partial charge in [0.25, 0.3) is 5.91 Å². The molecule has 2 aromatic carbocycles. The normalized spacial score (nSPS) is 11.5. The Bertz CT molecular complexity index is 762. The van der Waals surface area contributed by atoms with Crippen molar-refractivity contribution in [2.75, 3.05) is 12.4 Å². The second-order valence-electron chi connectivity index (χ2n) is 5.27. The van der Waals surface area contributed by atoms with Crippen LogP contribution in [0.5, 0.6) is 5.75 Å². The van der Waals surface area contributed by atoms with Gasteiger partial charge in [0.05, 0.1) is 24.2 Å². The van der Waals surface area contributed by atoms with Gasteiger partial charge < -0.3 is 14.8 Å². The number of carbonyl (C=O) groups is 2. The van der Waals surface area contributed by atoms with E-state index in [-0.39, 0.29) is 6.42 Å². The lowest BCUT2D eigenvalue weighted by Gasteiger charge is -2.14. The van der Waals surface area contributed by atoms with Crippen molar-refractivity contribution in [3.8, 4) is 5.75 Å². The van der Waals surface area contributed by atoms with E-state index in [0.29, 0.717) is 21.5 Å². The van der Waals surface area contributed by atoms with Crippen molar-refractivity contribution < 1.29 is 19.1 Å². The first kappa shape index (κ1) is 19.1. The SMILES string of the molecule is COc1ccc(CC(=O)O[C@@H](C)C(=O)Nc2cc(Cl)ccc2Cl)cc1. The predicted molar refractivity (Wildman–Crippen MR) is 97.3 cm³/mol. The largest absolute Gasteiger partial charge is 0.497 e. The number of nitrogens with one attached hydrogen (secondary N) is 1. The zero-order valence-electron chi connectivity index (χ0n) is 13.7. The number of hydrogen-bond acceptors (Lipinski definition) is 4. The molecule has 0 aromatic heterocycles. The van der Waals surface area contributed by atoms with Crippen molar-refractivity contribution in [1.82, 2.24) is 0 Å². The molecule has 1 N–H and O–H groups in total. The van der Waals surface area contributed by atoms with Crippen LogP contribution in [0, 0.1) is 0 Å². The number of hydrogen-bond donors (Lipinski definition) is 1. The van der Waals surface area contributed by atoms with Gasteiger partial charge in [0.2, 0.25) is 0 Å². The fourth-order valence-electron chi connectivity index (χ4n) is 2.03. The average molecular weight is 382 g/mol. The molecule has 0 saturated carbocycles. The molecule has 0 fully saturated rings. The van der Waals surface area contributed by atoms with Crippen LogP contribution in [0.1, 0.15) is 12.5 Å². The van der Waals surface area contributed by atoms with E-state index in [2.05, 4.69) is 5.32 Å². The third-order valence-electron chi connectivity index (χ3n) is 3.37. The van der Waals surface area contributed by atoms with Gasteiger partial charge in [-0.05, 0) is 42.8 Å². The number of amides is 1. The number of ether oxygens (including phenoxy) is 2. The molecule has 0 unspecified atom stereocenters. The summed E-state index contributed by atoms with van der Waals surface area (Å²) >= 11 is 11.9. The van der Waals surface area contributed by atoms with Crippen molar-refractivity contribution in [2.24, 2.45) is 0 Å². The maximum Gasteiger partial charge on any atom is 0.311 e. The second kappa shape index (κ2) is 8.74. The van der Waals surface area contributed by atoms with Gasteiger partial charge in [-0.25, -0.2) is 0 Å². The van der Waals surface area contributed by atoms with Crippen LogP contribution in [0.4, 0.5) is 5.69 Å². The molecule has 25 heavy (non-hydrogen) atoms. The minimum absolute atomic E-state index is 0.0551. The van der Waals surface area contributed by atoms with Crippen LogP contribution >= 0.6 is 23.2 Å². The van der Waals surface area contributed by atoms with E-state index in [4.69, 9.17) is 32.7 Å². The first-order chi connectivity index (χ1) is 11.9. The number of esters is 1. The maximum absolute atomic E-state index is 12.1. The lowest BCUT2D eigenvalue weighted by atomic mass is 10.1. The Morgan fingerprint density at radius 2 is 1.80 bits per heavy atom. The van der Waals surface area contributed by atoms with Crippen molar-refractivity contribution in [3.63, 3.8) is 0 Å². The molecule has 2 aromatic rings. The maximum atomic E-state index is 12.1. The van der Waals surface area contributed by atoms with Gasteiger partial charge >= 0.3 is 5.97 Å². The highest BCUT2D eigenvalue weighted by molar-refractivity contribution is 6.35. The van der Waals surface area contributed by atoms with E-state index in [1.165, 1.54) is 13.0 Å². The fraction of sp³-hybridized carbons (Fsp3) is 0.222. The van der Waals surface area contributed by atoms with Crippen molar-refractivity contribution >= 4 is 40.8 Å². The molecule has 0 heterocycles. The number of rotatable bonds is 6. The molecule has 7 heteroatoms. The van der Waals surface area contributed by atoms with Crippen LogP contribution in [0.15, 0.2) is 42.5 Å². The topological polar surface area (TPSA) is 64.6 Å². The van der Waals surface area contributed by atoms with Crippen LogP contribution in [0.2, 0.25) is 10.0 Å².